The second-order valence-corrected chi connectivity index (χ2v) is 6.25. The van der Waals surface area contributed by atoms with Gasteiger partial charge in [-0.05, 0) is 5.92 Å². The third-order valence-corrected chi connectivity index (χ3v) is 4.41. The summed E-state index contributed by atoms with van der Waals surface area (Å²) in [4.78, 5) is 0. The first kappa shape index (κ1) is 22.8. The molecule has 121 valence electrons. The van der Waals surface area contributed by atoms with E-state index in [1.165, 1.54) is 78.7 Å². The first-order valence-corrected chi connectivity index (χ1v) is 9.07. The standard InChI is InChI=1S/C7H13.C6H11.C3H7N.CH4O.Nb/c1-7-5-3-2-4-6-7;1-2-4-6-5-3-1;1-3(2)4;1-2;/h2,7H,3-6H2,1H3;1H,2-6H2;3H,1-2H3;2H,1H3;/q2*-1;;;. The van der Waals surface area contributed by atoms with Crippen LogP contribution in [0.4, 0.5) is 0 Å². The van der Waals surface area contributed by atoms with E-state index in [4.69, 9.17) is 5.11 Å². The summed E-state index contributed by atoms with van der Waals surface area (Å²) in [6, 6.07) is 0.531. The largest absolute Gasteiger partial charge is 0.400 e. The van der Waals surface area contributed by atoms with Gasteiger partial charge in [0.1, 0.15) is 0 Å². The van der Waals surface area contributed by atoms with Gasteiger partial charge in [0, 0.05) is 7.11 Å². The average Bonchev–Trinajstić information content (AvgIpc) is 2.53. The van der Waals surface area contributed by atoms with Crippen molar-refractivity contribution < 1.29 is 26.0 Å². The minimum absolute atomic E-state index is 0.531. The Hall–Kier alpha value is 0.500. The van der Waals surface area contributed by atoms with Gasteiger partial charge < -0.3 is 17.9 Å². The number of rotatable bonds is 1. The molecule has 3 heteroatoms. The summed E-state index contributed by atoms with van der Waals surface area (Å²) in [7, 11) is 1.00. The fourth-order valence-corrected chi connectivity index (χ4v) is 1.99. The Morgan fingerprint density at radius 2 is 1.35 bits per heavy atom. The molecule has 0 aromatic rings. The van der Waals surface area contributed by atoms with Gasteiger partial charge in [0.05, 0.1) is 0 Å². The van der Waals surface area contributed by atoms with Gasteiger partial charge in [-0.25, -0.2) is 0 Å². The van der Waals surface area contributed by atoms with Gasteiger partial charge in [0.25, 0.3) is 0 Å². The summed E-state index contributed by atoms with van der Waals surface area (Å²) in [6.07, 6.45) is 17.5. The minimum atomic E-state index is 0.531. The Balaban J connectivity index is 0. The van der Waals surface area contributed by atoms with E-state index in [9.17, 15) is 0 Å². The second-order valence-electron chi connectivity index (χ2n) is 5.68. The van der Waals surface area contributed by atoms with E-state index in [-0.39, 0.29) is 0 Å². The fraction of sp³-hybridized carbons (Fsp3) is 0.882. The first-order valence-electron chi connectivity index (χ1n) is 8.09. The predicted molar refractivity (Wildman–Crippen MR) is 85.0 cm³/mol. The van der Waals surface area contributed by atoms with Crippen molar-refractivity contribution in [1.82, 2.24) is 0 Å². The Labute approximate surface area is 139 Å². The van der Waals surface area contributed by atoms with Crippen molar-refractivity contribution in [3.05, 3.63) is 12.8 Å². The van der Waals surface area contributed by atoms with Crippen LogP contribution in [0.25, 0.3) is 0 Å². The zero-order chi connectivity index (χ0) is 15.6. The number of aliphatic hydroxyl groups is 1. The maximum Gasteiger partial charge on any atom is 0.0319 e. The molecule has 0 unspecified atom stereocenters. The Bertz CT molecular complexity index is 164. The molecule has 0 aromatic carbocycles. The molecule has 0 spiro atoms. The summed E-state index contributed by atoms with van der Waals surface area (Å²) in [5.41, 5.74) is 0. The van der Waals surface area contributed by atoms with Gasteiger partial charge in [-0.15, -0.1) is 0 Å². The molecule has 0 amide bonds. The van der Waals surface area contributed by atoms with E-state index in [0.717, 1.165) is 13.0 Å². The van der Waals surface area contributed by atoms with Gasteiger partial charge in [-0.3, -0.25) is 0 Å². The van der Waals surface area contributed by atoms with E-state index in [1.807, 2.05) is 0 Å². The molecule has 0 saturated heterocycles. The Kier molecular flexibility index (Phi) is 22.2. The van der Waals surface area contributed by atoms with Crippen LogP contribution >= 0.6 is 0 Å². The molecule has 2 fully saturated rings. The molecule has 0 bridgehead atoms. The number of hydrogen-bond donors (Lipinski definition) is 1. The van der Waals surface area contributed by atoms with Crippen molar-refractivity contribution in [3.8, 4) is 0 Å². The quantitative estimate of drug-likeness (QED) is 0.499. The Morgan fingerprint density at radius 3 is 1.50 bits per heavy atom. The van der Waals surface area contributed by atoms with Crippen molar-refractivity contribution in [1.29, 1.82) is 0 Å². The first-order chi connectivity index (χ1) is 9.66. The second kappa shape index (κ2) is 19.5. The molecule has 0 radical (unpaired) electrons. The van der Waals surface area contributed by atoms with Gasteiger partial charge in [0.15, 0.2) is 0 Å². The molecule has 0 aromatic heterocycles. The van der Waals surface area contributed by atoms with E-state index in [2.05, 4.69) is 37.0 Å². The molecular formula is C17H35NNbO-2. The molecule has 2 aliphatic rings. The molecule has 1 N–H and O–H groups in total. The molecule has 20 heavy (non-hydrogen) atoms. The maximum atomic E-state index is 7.00. The minimum Gasteiger partial charge on any atom is -0.400 e. The van der Waals surface area contributed by atoms with Crippen LogP contribution in [0.1, 0.15) is 78.6 Å². The third kappa shape index (κ3) is 20.8. The van der Waals surface area contributed by atoms with Crippen LogP contribution in [-0.2, 0) is 20.9 Å². The molecule has 0 aliphatic heterocycles. The van der Waals surface area contributed by atoms with Crippen molar-refractivity contribution in [3.63, 3.8) is 0 Å². The summed E-state index contributed by atoms with van der Waals surface area (Å²) in [5, 5.41) is 7.00. The third-order valence-electron chi connectivity index (χ3n) is 3.27. The van der Waals surface area contributed by atoms with Crippen LogP contribution in [0.15, 0.2) is 3.34 Å². The van der Waals surface area contributed by atoms with Crippen molar-refractivity contribution in [2.45, 2.75) is 84.6 Å². The van der Waals surface area contributed by atoms with E-state index < -0.39 is 0 Å². The molecule has 0 atom stereocenters. The Morgan fingerprint density at radius 1 is 0.950 bits per heavy atom. The molecule has 2 saturated carbocycles. The van der Waals surface area contributed by atoms with Gasteiger partial charge in [-0.2, -0.15) is 25.7 Å². The topological polar surface area (TPSA) is 32.6 Å². The summed E-state index contributed by atoms with van der Waals surface area (Å²) < 4.78 is 3.94. The molecule has 2 aliphatic carbocycles. The SMILES string of the molecule is CC(C)[N]=[Nb].CC1CC[CH-]CC1.CO.[CH-]1CCCCC1. The fourth-order valence-electron chi connectivity index (χ4n) is 1.99. The van der Waals surface area contributed by atoms with Gasteiger partial charge in [0.2, 0.25) is 0 Å². The van der Waals surface area contributed by atoms with Crippen LogP contribution < -0.4 is 0 Å². The van der Waals surface area contributed by atoms with Crippen LogP contribution in [0.5, 0.6) is 0 Å². The number of nitrogens with zero attached hydrogens (tertiary/aromatic N) is 1. The van der Waals surface area contributed by atoms with Gasteiger partial charge in [-0.1, -0.05) is 39.0 Å². The van der Waals surface area contributed by atoms with Crippen LogP contribution in [0.2, 0.25) is 0 Å². The van der Waals surface area contributed by atoms with E-state index in [0.29, 0.717) is 6.04 Å². The normalized spacial score (nSPS) is 18.4. The van der Waals surface area contributed by atoms with Crippen molar-refractivity contribution in [2.24, 2.45) is 9.26 Å². The van der Waals surface area contributed by atoms with E-state index in [1.54, 1.807) is 0 Å². The van der Waals surface area contributed by atoms with Crippen LogP contribution in [-0.4, -0.2) is 18.3 Å². The van der Waals surface area contributed by atoms with Crippen LogP contribution in [0.3, 0.4) is 0 Å². The smallest absolute Gasteiger partial charge is 0.0319 e. The molecule has 0 heterocycles. The maximum absolute atomic E-state index is 7.00. The number of aliphatic hydroxyl groups excluding tert-OH is 1. The molecular weight excluding hydrogens is 327 g/mol. The summed E-state index contributed by atoms with van der Waals surface area (Å²) in [6.45, 7) is 6.48. The van der Waals surface area contributed by atoms with E-state index >= 15 is 0 Å². The summed E-state index contributed by atoms with van der Waals surface area (Å²) >= 11 is 1.53. The van der Waals surface area contributed by atoms with Gasteiger partial charge >= 0.3 is 44.1 Å². The van der Waals surface area contributed by atoms with Crippen LogP contribution in [0, 0.1) is 18.8 Å². The summed E-state index contributed by atoms with van der Waals surface area (Å²) in [5.74, 6) is 1.00. The average molecular weight is 362 g/mol. The molecule has 2 nitrogen and oxygen atoms in total. The van der Waals surface area contributed by atoms with Crippen molar-refractivity contribution in [2.75, 3.05) is 7.11 Å². The zero-order valence-corrected chi connectivity index (χ0v) is 16.2. The van der Waals surface area contributed by atoms with Crippen molar-refractivity contribution >= 4 is 0 Å². The number of hydrogen-bond acceptors (Lipinski definition) is 2. The predicted octanol–water partition coefficient (Wildman–Crippen LogP) is 5.29. The zero-order valence-electron chi connectivity index (χ0n) is 14.0. The monoisotopic (exact) mass is 362 g/mol. The molecule has 2 rings (SSSR count).